The molecular weight excluding hydrogens is 426 g/mol. The molecule has 7 nitrogen and oxygen atoms in total. The number of amides is 1. The van der Waals surface area contributed by atoms with Crippen LogP contribution in [0.15, 0.2) is 54.2 Å². The van der Waals surface area contributed by atoms with Gasteiger partial charge in [-0.05, 0) is 67.2 Å². The smallest absolute Gasteiger partial charge is 0.281 e. The van der Waals surface area contributed by atoms with E-state index in [1.807, 2.05) is 55.5 Å². The Kier molecular flexibility index (Phi) is 7.36. The van der Waals surface area contributed by atoms with Crippen molar-refractivity contribution < 1.29 is 19.0 Å². The first-order valence-electron chi connectivity index (χ1n) is 10.8. The molecule has 0 radical (unpaired) electrons. The zero-order chi connectivity index (χ0) is 22.3. The van der Waals surface area contributed by atoms with Crippen molar-refractivity contribution in [1.29, 1.82) is 0 Å². The van der Waals surface area contributed by atoms with Gasteiger partial charge in [0.2, 0.25) is 0 Å². The Morgan fingerprint density at radius 3 is 2.38 bits per heavy atom. The summed E-state index contributed by atoms with van der Waals surface area (Å²) in [4.78, 5) is 16.7. The molecule has 0 spiro atoms. The first kappa shape index (κ1) is 22.3. The van der Waals surface area contributed by atoms with Gasteiger partial charge in [-0.1, -0.05) is 12.1 Å². The van der Waals surface area contributed by atoms with E-state index in [2.05, 4.69) is 10.2 Å². The maximum Gasteiger partial charge on any atom is 0.281 e. The summed E-state index contributed by atoms with van der Waals surface area (Å²) in [6.07, 6.45) is 1.79. The number of rotatable bonds is 8. The summed E-state index contributed by atoms with van der Waals surface area (Å²) in [5.74, 6) is 1.37. The predicted molar refractivity (Wildman–Crippen MR) is 128 cm³/mol. The van der Waals surface area contributed by atoms with E-state index in [1.54, 1.807) is 6.08 Å². The highest BCUT2D eigenvalue weighted by atomic mass is 32.1. The molecule has 2 aliphatic rings. The van der Waals surface area contributed by atoms with E-state index in [4.69, 9.17) is 26.4 Å². The minimum Gasteiger partial charge on any atom is -0.494 e. The fraction of sp³-hybridized carbons (Fsp3) is 0.333. The molecule has 2 heterocycles. The second kappa shape index (κ2) is 10.6. The van der Waals surface area contributed by atoms with E-state index < -0.39 is 0 Å². The molecule has 1 amide bonds. The molecule has 4 rings (SSSR count). The van der Waals surface area contributed by atoms with Gasteiger partial charge in [0, 0.05) is 19.6 Å². The second-order valence-corrected chi connectivity index (χ2v) is 7.81. The van der Waals surface area contributed by atoms with Crippen LogP contribution in [0.5, 0.6) is 11.5 Å². The van der Waals surface area contributed by atoms with Crippen LogP contribution in [0.3, 0.4) is 0 Å². The summed E-state index contributed by atoms with van der Waals surface area (Å²) in [7, 11) is 0. The molecule has 0 atom stereocenters. The van der Waals surface area contributed by atoms with Crippen LogP contribution in [0.25, 0.3) is 6.08 Å². The number of ether oxygens (including phenoxy) is 3. The van der Waals surface area contributed by atoms with Crippen molar-refractivity contribution in [3.8, 4) is 11.5 Å². The summed E-state index contributed by atoms with van der Waals surface area (Å²) in [6, 6.07) is 15.0. The molecule has 32 heavy (non-hydrogen) atoms. The molecule has 0 aliphatic carbocycles. The molecule has 1 N–H and O–H groups in total. The Morgan fingerprint density at radius 1 is 1.03 bits per heavy atom. The molecule has 0 unspecified atom stereocenters. The predicted octanol–water partition coefficient (Wildman–Crippen LogP) is 3.06. The van der Waals surface area contributed by atoms with Crippen LogP contribution in [-0.2, 0) is 9.53 Å². The molecule has 0 bridgehead atoms. The zero-order valence-electron chi connectivity index (χ0n) is 18.1. The van der Waals surface area contributed by atoms with Crippen LogP contribution in [0, 0.1) is 0 Å². The third-order valence-corrected chi connectivity index (χ3v) is 5.54. The highest BCUT2D eigenvalue weighted by molar-refractivity contribution is 7.80. The Bertz CT molecular complexity index is 970. The van der Waals surface area contributed by atoms with E-state index in [0.29, 0.717) is 29.7 Å². The number of benzene rings is 2. The quantitative estimate of drug-likeness (QED) is 0.487. The van der Waals surface area contributed by atoms with Gasteiger partial charge in [0.15, 0.2) is 5.11 Å². The molecule has 2 fully saturated rings. The van der Waals surface area contributed by atoms with Crippen molar-refractivity contribution in [3.05, 3.63) is 59.8 Å². The Balaban J connectivity index is 1.35. The van der Waals surface area contributed by atoms with Crippen molar-refractivity contribution in [3.63, 3.8) is 0 Å². The number of nitrogens with zero attached hydrogens (tertiary/aromatic N) is 2. The van der Waals surface area contributed by atoms with Crippen LogP contribution in [0.1, 0.15) is 12.5 Å². The number of morpholine rings is 1. The van der Waals surface area contributed by atoms with Crippen molar-refractivity contribution in [2.24, 2.45) is 0 Å². The monoisotopic (exact) mass is 453 g/mol. The summed E-state index contributed by atoms with van der Waals surface area (Å²) < 4.78 is 16.7. The number of thiocarbonyl (C=S) groups is 1. The molecule has 168 valence electrons. The standard InChI is InChI=1S/C24H27N3O4S/c1-2-30-20-9-5-19(6-10-20)27-23(28)22(25-24(27)32)17-18-3-7-21(8-4-18)31-16-13-26-11-14-29-15-12-26/h3-10,17H,2,11-16H2,1H3,(H,25,32)/b22-17+. The van der Waals surface area contributed by atoms with E-state index in [0.717, 1.165) is 49.9 Å². The highest BCUT2D eigenvalue weighted by Crippen LogP contribution is 2.25. The summed E-state index contributed by atoms with van der Waals surface area (Å²) >= 11 is 5.39. The van der Waals surface area contributed by atoms with Gasteiger partial charge in [0.05, 0.1) is 25.5 Å². The van der Waals surface area contributed by atoms with Crippen molar-refractivity contribution >= 4 is 35.0 Å². The fourth-order valence-electron chi connectivity index (χ4n) is 3.57. The molecular formula is C24H27N3O4S. The van der Waals surface area contributed by atoms with Crippen LogP contribution in [-0.4, -0.2) is 62.0 Å². The van der Waals surface area contributed by atoms with Gasteiger partial charge >= 0.3 is 0 Å². The first-order valence-corrected chi connectivity index (χ1v) is 11.2. The van der Waals surface area contributed by atoms with Gasteiger partial charge < -0.3 is 19.5 Å². The highest BCUT2D eigenvalue weighted by Gasteiger charge is 2.31. The summed E-state index contributed by atoms with van der Waals surface area (Å²) in [6.45, 7) is 7.51. The third kappa shape index (κ3) is 5.45. The van der Waals surface area contributed by atoms with Gasteiger partial charge in [-0.2, -0.15) is 0 Å². The van der Waals surface area contributed by atoms with Crippen LogP contribution < -0.4 is 19.7 Å². The lowest BCUT2D eigenvalue weighted by Gasteiger charge is -2.26. The molecule has 2 aromatic carbocycles. The average Bonchev–Trinajstić information content (AvgIpc) is 3.09. The number of anilines is 1. The Hall–Kier alpha value is -2.94. The molecule has 2 aromatic rings. The summed E-state index contributed by atoms with van der Waals surface area (Å²) in [5.41, 5.74) is 2.02. The minimum absolute atomic E-state index is 0.190. The van der Waals surface area contributed by atoms with Crippen LogP contribution >= 0.6 is 12.2 Å². The van der Waals surface area contributed by atoms with Crippen LogP contribution in [0.2, 0.25) is 0 Å². The Morgan fingerprint density at radius 2 is 1.69 bits per heavy atom. The van der Waals surface area contributed by atoms with E-state index in [9.17, 15) is 4.79 Å². The molecule has 2 aliphatic heterocycles. The SMILES string of the molecule is CCOc1ccc(N2C(=O)/C(=C\c3ccc(OCCN4CCOCC4)cc3)NC2=S)cc1. The maximum atomic E-state index is 12.9. The van der Waals surface area contributed by atoms with Gasteiger partial charge in [-0.3, -0.25) is 14.6 Å². The largest absolute Gasteiger partial charge is 0.494 e. The summed E-state index contributed by atoms with van der Waals surface area (Å²) in [5, 5.41) is 3.37. The minimum atomic E-state index is -0.190. The van der Waals surface area contributed by atoms with Crippen molar-refractivity contribution in [1.82, 2.24) is 10.2 Å². The number of hydrogen-bond acceptors (Lipinski definition) is 6. The molecule has 2 saturated heterocycles. The average molecular weight is 454 g/mol. The third-order valence-electron chi connectivity index (χ3n) is 5.26. The Labute approximate surface area is 193 Å². The van der Waals surface area contributed by atoms with Crippen molar-refractivity contribution in [2.45, 2.75) is 6.92 Å². The zero-order valence-corrected chi connectivity index (χ0v) is 18.9. The molecule has 0 saturated carbocycles. The lowest BCUT2D eigenvalue weighted by molar-refractivity contribution is -0.113. The van der Waals surface area contributed by atoms with Crippen LogP contribution in [0.4, 0.5) is 5.69 Å². The number of nitrogens with one attached hydrogen (secondary N) is 1. The lowest BCUT2D eigenvalue weighted by atomic mass is 10.2. The van der Waals surface area contributed by atoms with E-state index in [-0.39, 0.29) is 5.91 Å². The van der Waals surface area contributed by atoms with Gasteiger partial charge in [-0.15, -0.1) is 0 Å². The maximum absolute atomic E-state index is 12.9. The second-order valence-electron chi connectivity index (χ2n) is 7.43. The van der Waals surface area contributed by atoms with E-state index in [1.165, 1.54) is 4.90 Å². The molecule has 8 heteroatoms. The fourth-order valence-corrected chi connectivity index (χ4v) is 3.87. The molecule has 0 aromatic heterocycles. The van der Waals surface area contributed by atoms with Gasteiger partial charge in [0.1, 0.15) is 23.8 Å². The number of carbonyl (C=O) groups excluding carboxylic acids is 1. The van der Waals surface area contributed by atoms with Gasteiger partial charge in [-0.25, -0.2) is 0 Å². The normalized spacial score (nSPS) is 18.2. The first-order chi connectivity index (χ1) is 15.6. The number of hydrogen-bond donors (Lipinski definition) is 1. The number of carbonyl (C=O) groups is 1. The topological polar surface area (TPSA) is 63.3 Å². The van der Waals surface area contributed by atoms with E-state index >= 15 is 0 Å². The lowest BCUT2D eigenvalue weighted by Crippen LogP contribution is -2.38. The van der Waals surface area contributed by atoms with Crippen molar-refractivity contribution in [2.75, 3.05) is 51.0 Å². The van der Waals surface area contributed by atoms with Gasteiger partial charge in [0.25, 0.3) is 5.91 Å².